The van der Waals surface area contributed by atoms with Gasteiger partial charge in [0.1, 0.15) is 0 Å². The first kappa shape index (κ1) is 17.2. The van der Waals surface area contributed by atoms with Crippen molar-refractivity contribution in [2.75, 3.05) is 11.9 Å². The van der Waals surface area contributed by atoms with Gasteiger partial charge in [0.25, 0.3) is 0 Å². The minimum atomic E-state index is 0.170. The van der Waals surface area contributed by atoms with Crippen LogP contribution in [0.15, 0.2) is 36.9 Å². The van der Waals surface area contributed by atoms with E-state index < -0.39 is 0 Å². The van der Waals surface area contributed by atoms with Crippen molar-refractivity contribution in [3.63, 3.8) is 0 Å². The molecule has 0 bridgehead atoms. The second-order valence-corrected chi connectivity index (χ2v) is 6.61. The molecular weight excluding hydrogens is 344 g/mol. The van der Waals surface area contributed by atoms with Crippen molar-refractivity contribution < 1.29 is 4.79 Å². The van der Waals surface area contributed by atoms with Crippen LogP contribution in [0.4, 0.5) is 5.95 Å². The normalized spacial score (nSPS) is 13.4. The van der Waals surface area contributed by atoms with Gasteiger partial charge in [0, 0.05) is 38.6 Å². The van der Waals surface area contributed by atoms with Gasteiger partial charge in [-0.15, -0.1) is 0 Å². The van der Waals surface area contributed by atoms with Crippen LogP contribution in [-0.2, 0) is 37.9 Å². The summed E-state index contributed by atoms with van der Waals surface area (Å²) in [5.41, 5.74) is 3.06. The second-order valence-electron chi connectivity index (χ2n) is 6.61. The van der Waals surface area contributed by atoms with E-state index in [-0.39, 0.29) is 5.91 Å². The first-order valence-electron chi connectivity index (χ1n) is 8.99. The first-order valence-corrected chi connectivity index (χ1v) is 8.99. The number of nitrogens with zero attached hydrogens (tertiary/aromatic N) is 7. The SMILES string of the molecule is Cn1cc(CCC(=O)N2CCn3nc(CNc4ncccn4)cc3C2)cn1. The molecule has 0 aromatic carbocycles. The number of aromatic nitrogens is 6. The van der Waals surface area contributed by atoms with Gasteiger partial charge >= 0.3 is 0 Å². The smallest absolute Gasteiger partial charge is 0.223 e. The van der Waals surface area contributed by atoms with Gasteiger partial charge in [0.05, 0.1) is 37.2 Å². The number of nitrogens with one attached hydrogen (secondary N) is 1. The Hall–Kier alpha value is -3.23. The van der Waals surface area contributed by atoms with Crippen LogP contribution < -0.4 is 5.32 Å². The molecule has 3 aromatic rings. The minimum Gasteiger partial charge on any atom is -0.348 e. The molecule has 0 atom stereocenters. The molecule has 0 spiro atoms. The minimum absolute atomic E-state index is 0.170. The lowest BCUT2D eigenvalue weighted by Crippen LogP contribution is -2.38. The van der Waals surface area contributed by atoms with Crippen LogP contribution in [0.25, 0.3) is 0 Å². The maximum absolute atomic E-state index is 12.5. The van der Waals surface area contributed by atoms with Crippen LogP contribution >= 0.6 is 0 Å². The van der Waals surface area contributed by atoms with Crippen molar-refractivity contribution in [3.8, 4) is 0 Å². The first-order chi connectivity index (χ1) is 13.2. The highest BCUT2D eigenvalue weighted by Crippen LogP contribution is 2.16. The number of carbonyl (C=O) groups excluding carboxylic acids is 1. The summed E-state index contributed by atoms with van der Waals surface area (Å²) in [4.78, 5) is 22.7. The fourth-order valence-corrected chi connectivity index (χ4v) is 3.20. The molecular formula is C18H22N8O. The van der Waals surface area contributed by atoms with E-state index in [1.54, 1.807) is 23.1 Å². The third-order valence-electron chi connectivity index (χ3n) is 4.58. The maximum atomic E-state index is 12.5. The molecule has 0 saturated heterocycles. The van der Waals surface area contributed by atoms with Crippen LogP contribution in [0.2, 0.25) is 0 Å². The van der Waals surface area contributed by atoms with E-state index >= 15 is 0 Å². The van der Waals surface area contributed by atoms with Crippen LogP contribution in [0.3, 0.4) is 0 Å². The zero-order valence-corrected chi connectivity index (χ0v) is 15.2. The summed E-state index contributed by atoms with van der Waals surface area (Å²) in [6, 6.07) is 3.82. The molecule has 3 aromatic heterocycles. The summed E-state index contributed by atoms with van der Waals surface area (Å²) in [7, 11) is 1.88. The van der Waals surface area contributed by atoms with Crippen molar-refractivity contribution in [1.29, 1.82) is 0 Å². The zero-order valence-electron chi connectivity index (χ0n) is 15.2. The molecule has 0 radical (unpaired) electrons. The van der Waals surface area contributed by atoms with Gasteiger partial charge in [0.2, 0.25) is 11.9 Å². The van der Waals surface area contributed by atoms with Crippen molar-refractivity contribution in [3.05, 3.63) is 53.9 Å². The number of anilines is 1. The Bertz CT molecular complexity index is 917. The highest BCUT2D eigenvalue weighted by molar-refractivity contribution is 5.76. The van der Waals surface area contributed by atoms with Gasteiger partial charge in [0.15, 0.2) is 0 Å². The molecule has 0 aliphatic carbocycles. The lowest BCUT2D eigenvalue weighted by atomic mass is 10.1. The summed E-state index contributed by atoms with van der Waals surface area (Å²) in [6.45, 7) is 2.56. The topological polar surface area (TPSA) is 93.8 Å². The van der Waals surface area contributed by atoms with Crippen molar-refractivity contribution in [2.45, 2.75) is 32.5 Å². The average Bonchev–Trinajstić information content (AvgIpc) is 3.30. The monoisotopic (exact) mass is 366 g/mol. The van der Waals surface area contributed by atoms with E-state index in [9.17, 15) is 4.79 Å². The Balaban J connectivity index is 1.32. The van der Waals surface area contributed by atoms with E-state index in [4.69, 9.17) is 0 Å². The van der Waals surface area contributed by atoms with Gasteiger partial charge < -0.3 is 10.2 Å². The molecule has 27 heavy (non-hydrogen) atoms. The highest BCUT2D eigenvalue weighted by Gasteiger charge is 2.22. The third kappa shape index (κ3) is 4.13. The van der Waals surface area contributed by atoms with E-state index in [2.05, 4.69) is 25.5 Å². The lowest BCUT2D eigenvalue weighted by molar-refractivity contribution is -0.132. The Morgan fingerprint density at radius 1 is 1.26 bits per heavy atom. The lowest BCUT2D eigenvalue weighted by Gasteiger charge is -2.27. The molecule has 1 amide bonds. The largest absolute Gasteiger partial charge is 0.348 e. The van der Waals surface area contributed by atoms with Gasteiger partial charge in [-0.05, 0) is 24.1 Å². The molecule has 1 N–H and O–H groups in total. The Morgan fingerprint density at radius 2 is 2.11 bits per heavy atom. The number of hydrogen-bond donors (Lipinski definition) is 1. The van der Waals surface area contributed by atoms with Crippen LogP contribution in [-0.4, -0.2) is 46.9 Å². The number of aryl methyl sites for hydroxylation is 2. The Labute approximate surface area is 157 Å². The maximum Gasteiger partial charge on any atom is 0.223 e. The summed E-state index contributed by atoms with van der Waals surface area (Å²) >= 11 is 0. The highest BCUT2D eigenvalue weighted by atomic mass is 16.2. The summed E-state index contributed by atoms with van der Waals surface area (Å²) in [5, 5.41) is 11.9. The van der Waals surface area contributed by atoms with Gasteiger partial charge in [-0.3, -0.25) is 14.2 Å². The summed E-state index contributed by atoms with van der Waals surface area (Å²) in [5.74, 6) is 0.749. The molecule has 1 aliphatic heterocycles. The Morgan fingerprint density at radius 3 is 2.89 bits per heavy atom. The number of rotatable bonds is 6. The molecule has 4 rings (SSSR count). The predicted molar refractivity (Wildman–Crippen MR) is 98.5 cm³/mol. The summed E-state index contributed by atoms with van der Waals surface area (Å²) < 4.78 is 3.74. The molecule has 9 heteroatoms. The van der Waals surface area contributed by atoms with Crippen molar-refractivity contribution in [1.82, 2.24) is 34.4 Å². The number of amides is 1. The van der Waals surface area contributed by atoms with E-state index in [1.165, 1.54) is 0 Å². The van der Waals surface area contributed by atoms with Crippen LogP contribution in [0.1, 0.15) is 23.4 Å². The molecule has 0 fully saturated rings. The van der Waals surface area contributed by atoms with Crippen molar-refractivity contribution in [2.24, 2.45) is 7.05 Å². The average molecular weight is 366 g/mol. The summed E-state index contributed by atoms with van der Waals surface area (Å²) in [6.07, 6.45) is 8.38. The van der Waals surface area contributed by atoms with Gasteiger partial charge in [-0.25, -0.2) is 9.97 Å². The number of carbonyl (C=O) groups is 1. The van der Waals surface area contributed by atoms with Crippen LogP contribution in [0.5, 0.6) is 0 Å². The Kier molecular flexibility index (Phi) is 4.82. The molecule has 0 unspecified atom stereocenters. The quantitative estimate of drug-likeness (QED) is 0.699. The number of fused-ring (bicyclic) bond motifs is 1. The van der Waals surface area contributed by atoms with Crippen LogP contribution in [0, 0.1) is 0 Å². The third-order valence-corrected chi connectivity index (χ3v) is 4.58. The second kappa shape index (κ2) is 7.56. The fourth-order valence-electron chi connectivity index (χ4n) is 3.20. The zero-order chi connectivity index (χ0) is 18.6. The van der Waals surface area contributed by atoms with E-state index in [1.807, 2.05) is 35.1 Å². The molecule has 140 valence electrons. The molecule has 4 heterocycles. The van der Waals surface area contributed by atoms with E-state index in [0.29, 0.717) is 38.4 Å². The van der Waals surface area contributed by atoms with Gasteiger partial charge in [-0.2, -0.15) is 10.2 Å². The van der Waals surface area contributed by atoms with Gasteiger partial charge in [-0.1, -0.05) is 0 Å². The molecule has 9 nitrogen and oxygen atoms in total. The number of hydrogen-bond acceptors (Lipinski definition) is 6. The predicted octanol–water partition coefficient (Wildman–Crippen LogP) is 0.994. The fraction of sp³-hybridized carbons (Fsp3) is 0.389. The standard InChI is InChI=1S/C18H22N8O/c1-24-12-14(10-22-24)3-4-17(27)25-7-8-26-16(13-25)9-15(23-26)11-21-18-19-5-2-6-20-18/h2,5-6,9-10,12H,3-4,7-8,11,13H2,1H3,(H,19,20,21). The van der Waals surface area contributed by atoms with Crippen molar-refractivity contribution >= 4 is 11.9 Å². The molecule has 0 saturated carbocycles. The van der Waals surface area contributed by atoms with E-state index in [0.717, 1.165) is 23.5 Å². The molecule has 1 aliphatic rings.